The third kappa shape index (κ3) is 6.46. The van der Waals surface area contributed by atoms with Crippen LogP contribution < -0.4 is 20.5 Å². The summed E-state index contributed by atoms with van der Waals surface area (Å²) >= 11 is 0. The fourth-order valence-electron chi connectivity index (χ4n) is 2.08. The van der Waals surface area contributed by atoms with Crippen LogP contribution in [-0.4, -0.2) is 37.7 Å². The van der Waals surface area contributed by atoms with Crippen LogP contribution in [0, 0.1) is 5.92 Å². The van der Waals surface area contributed by atoms with Crippen LogP contribution in [0.4, 0.5) is 4.79 Å². The first-order valence-electron chi connectivity index (χ1n) is 8.08. The Morgan fingerprint density at radius 2 is 1.92 bits per heavy atom. The summed E-state index contributed by atoms with van der Waals surface area (Å²) in [5.74, 6) is -0.702. The molecule has 1 aromatic rings. The number of hydrogen-bond donors (Lipinski definition) is 2. The first kappa shape index (κ1) is 21.0. The van der Waals surface area contributed by atoms with Crippen molar-refractivity contribution >= 4 is 24.0 Å². The molecule has 0 aliphatic heterocycles. The Kier molecular flexibility index (Phi) is 8.14. The second-order valence-electron chi connectivity index (χ2n) is 5.63. The Hall–Kier alpha value is -3.03. The van der Waals surface area contributed by atoms with E-state index >= 15 is 0 Å². The number of carbonyl (C=O) groups is 3. The van der Waals surface area contributed by atoms with Gasteiger partial charge in [0.25, 0.3) is 5.91 Å². The van der Waals surface area contributed by atoms with Crippen molar-refractivity contribution in [3.63, 3.8) is 0 Å². The summed E-state index contributed by atoms with van der Waals surface area (Å²) in [6.07, 6.45) is 1.57. The lowest BCUT2D eigenvalue weighted by atomic mass is 10.1. The molecule has 1 rings (SSSR count). The molecule has 0 radical (unpaired) electrons. The van der Waals surface area contributed by atoms with Crippen LogP contribution in [-0.2, 0) is 14.3 Å². The number of urea groups is 1. The molecule has 26 heavy (non-hydrogen) atoms. The van der Waals surface area contributed by atoms with Gasteiger partial charge in [-0.1, -0.05) is 19.9 Å². The standard InChI is InChI=1S/C18H24N2O6/c1-5-25-13-8-6-12(10-14(13)24-4)7-9-15(21)26-16(11(2)3)17(22)20-18(19)23/h6-11,16H,5H2,1-4H3,(H3,19,20,22,23)/b9-7+/t16-/m0/s1. The fraction of sp³-hybridized carbons (Fsp3) is 0.389. The van der Waals surface area contributed by atoms with Crippen molar-refractivity contribution in [1.82, 2.24) is 5.32 Å². The van der Waals surface area contributed by atoms with Gasteiger partial charge in [0.2, 0.25) is 0 Å². The molecule has 8 heteroatoms. The van der Waals surface area contributed by atoms with E-state index in [-0.39, 0.29) is 5.92 Å². The highest BCUT2D eigenvalue weighted by atomic mass is 16.5. The van der Waals surface area contributed by atoms with E-state index in [1.54, 1.807) is 32.0 Å². The molecule has 0 unspecified atom stereocenters. The van der Waals surface area contributed by atoms with E-state index in [1.165, 1.54) is 19.3 Å². The van der Waals surface area contributed by atoms with Crippen molar-refractivity contribution in [3.05, 3.63) is 29.8 Å². The van der Waals surface area contributed by atoms with Crippen LogP contribution in [0.3, 0.4) is 0 Å². The number of primary amides is 1. The Labute approximate surface area is 152 Å². The summed E-state index contributed by atoms with van der Waals surface area (Å²) in [6.45, 7) is 5.73. The minimum atomic E-state index is -1.13. The summed E-state index contributed by atoms with van der Waals surface area (Å²) in [5.41, 5.74) is 5.60. The van der Waals surface area contributed by atoms with Crippen molar-refractivity contribution in [2.24, 2.45) is 11.7 Å². The number of ether oxygens (including phenoxy) is 3. The molecule has 1 aromatic carbocycles. The zero-order valence-electron chi connectivity index (χ0n) is 15.3. The van der Waals surface area contributed by atoms with Gasteiger partial charge in [-0.15, -0.1) is 0 Å². The van der Waals surface area contributed by atoms with E-state index in [0.29, 0.717) is 23.7 Å². The summed E-state index contributed by atoms with van der Waals surface area (Å²) in [4.78, 5) is 34.6. The molecular weight excluding hydrogens is 340 g/mol. The van der Waals surface area contributed by atoms with Crippen LogP contribution in [0.5, 0.6) is 11.5 Å². The van der Waals surface area contributed by atoms with E-state index in [9.17, 15) is 14.4 Å². The van der Waals surface area contributed by atoms with Crippen LogP contribution in [0.2, 0.25) is 0 Å². The van der Waals surface area contributed by atoms with Crippen molar-refractivity contribution in [1.29, 1.82) is 0 Å². The van der Waals surface area contributed by atoms with Crippen molar-refractivity contribution in [2.45, 2.75) is 26.9 Å². The largest absolute Gasteiger partial charge is 0.493 e. The molecule has 142 valence electrons. The molecule has 0 aliphatic rings. The molecule has 0 bridgehead atoms. The predicted molar refractivity (Wildman–Crippen MR) is 95.6 cm³/mol. The van der Waals surface area contributed by atoms with Gasteiger partial charge >= 0.3 is 12.0 Å². The highest BCUT2D eigenvalue weighted by Gasteiger charge is 2.26. The van der Waals surface area contributed by atoms with Gasteiger partial charge in [0.1, 0.15) is 0 Å². The van der Waals surface area contributed by atoms with Gasteiger partial charge in [-0.2, -0.15) is 0 Å². The second kappa shape index (κ2) is 10.1. The summed E-state index contributed by atoms with van der Waals surface area (Å²) in [7, 11) is 1.52. The average molecular weight is 364 g/mol. The first-order valence-corrected chi connectivity index (χ1v) is 8.08. The summed E-state index contributed by atoms with van der Waals surface area (Å²) in [6, 6.07) is 4.17. The Bertz CT molecular complexity index is 684. The van der Waals surface area contributed by atoms with Crippen molar-refractivity contribution in [2.75, 3.05) is 13.7 Å². The minimum Gasteiger partial charge on any atom is -0.493 e. The highest BCUT2D eigenvalue weighted by molar-refractivity contribution is 5.97. The number of esters is 1. The molecule has 3 N–H and O–H groups in total. The number of hydrogen-bond acceptors (Lipinski definition) is 6. The topological polar surface area (TPSA) is 117 Å². The van der Waals surface area contributed by atoms with Crippen molar-refractivity contribution < 1.29 is 28.6 Å². The highest BCUT2D eigenvalue weighted by Crippen LogP contribution is 2.28. The molecular formula is C18H24N2O6. The lowest BCUT2D eigenvalue weighted by Gasteiger charge is -2.18. The molecule has 0 saturated heterocycles. The minimum absolute atomic E-state index is 0.336. The van der Waals surface area contributed by atoms with Gasteiger partial charge in [-0.05, 0) is 36.6 Å². The lowest BCUT2D eigenvalue weighted by molar-refractivity contribution is -0.153. The molecule has 0 aromatic heterocycles. The van der Waals surface area contributed by atoms with Gasteiger partial charge in [0, 0.05) is 6.08 Å². The van der Waals surface area contributed by atoms with Gasteiger partial charge < -0.3 is 19.9 Å². The van der Waals surface area contributed by atoms with Gasteiger partial charge in [-0.3, -0.25) is 10.1 Å². The van der Waals surface area contributed by atoms with E-state index in [2.05, 4.69) is 0 Å². The lowest BCUT2D eigenvalue weighted by Crippen LogP contribution is -2.45. The maximum atomic E-state index is 12.0. The van der Waals surface area contributed by atoms with E-state index < -0.39 is 24.0 Å². The zero-order valence-corrected chi connectivity index (χ0v) is 15.3. The number of benzene rings is 1. The maximum Gasteiger partial charge on any atom is 0.331 e. The van der Waals surface area contributed by atoms with Crippen LogP contribution in [0.25, 0.3) is 6.08 Å². The SMILES string of the molecule is CCOc1ccc(/C=C/C(=O)O[C@H](C(=O)NC(N)=O)C(C)C)cc1OC. The number of rotatable bonds is 8. The summed E-state index contributed by atoms with van der Waals surface area (Å²) in [5, 5.41) is 1.90. The Balaban J connectivity index is 2.82. The van der Waals surface area contributed by atoms with E-state index in [0.717, 1.165) is 0 Å². The first-order chi connectivity index (χ1) is 12.3. The smallest absolute Gasteiger partial charge is 0.331 e. The molecule has 3 amide bonds. The van der Waals surface area contributed by atoms with E-state index in [4.69, 9.17) is 19.9 Å². The molecule has 8 nitrogen and oxygen atoms in total. The molecule has 0 saturated carbocycles. The zero-order chi connectivity index (χ0) is 19.7. The Morgan fingerprint density at radius 3 is 2.46 bits per heavy atom. The molecule has 1 atom stereocenters. The second-order valence-corrected chi connectivity index (χ2v) is 5.63. The van der Waals surface area contributed by atoms with Crippen LogP contribution in [0.1, 0.15) is 26.3 Å². The van der Waals surface area contributed by atoms with Crippen LogP contribution in [0.15, 0.2) is 24.3 Å². The number of carbonyl (C=O) groups excluding carboxylic acids is 3. The monoisotopic (exact) mass is 364 g/mol. The average Bonchev–Trinajstić information content (AvgIpc) is 2.57. The number of nitrogens with two attached hydrogens (primary N) is 1. The number of imide groups is 1. The van der Waals surface area contributed by atoms with Crippen LogP contribution >= 0.6 is 0 Å². The molecule has 0 heterocycles. The van der Waals surface area contributed by atoms with Crippen molar-refractivity contribution in [3.8, 4) is 11.5 Å². The predicted octanol–water partition coefficient (Wildman–Crippen LogP) is 1.87. The number of amides is 3. The van der Waals surface area contributed by atoms with E-state index in [1.807, 2.05) is 12.2 Å². The Morgan fingerprint density at radius 1 is 1.23 bits per heavy atom. The molecule has 0 aliphatic carbocycles. The van der Waals surface area contributed by atoms with Gasteiger partial charge in [0.15, 0.2) is 17.6 Å². The van der Waals surface area contributed by atoms with Gasteiger partial charge in [0.05, 0.1) is 13.7 Å². The maximum absolute atomic E-state index is 12.0. The normalized spacial score (nSPS) is 11.9. The molecule has 0 spiro atoms. The third-order valence-electron chi connectivity index (χ3n) is 3.25. The quantitative estimate of drug-likeness (QED) is 0.537. The number of nitrogens with one attached hydrogen (secondary N) is 1. The number of methoxy groups -OCH3 is 1. The third-order valence-corrected chi connectivity index (χ3v) is 3.25. The summed E-state index contributed by atoms with van der Waals surface area (Å²) < 4.78 is 15.8. The van der Waals surface area contributed by atoms with Gasteiger partial charge in [-0.25, -0.2) is 9.59 Å². The fourth-order valence-corrected chi connectivity index (χ4v) is 2.08. The molecule has 0 fully saturated rings.